The molecule has 2 nitrogen and oxygen atoms in total. The Hall–Kier alpha value is -1.18. The zero-order valence-corrected chi connectivity index (χ0v) is 8.06. The number of nitrogens with one attached hydrogen (secondary N) is 2. The number of aryl methyl sites for hydroxylation is 1. The molecule has 2 rings (SSSR count). The van der Waals surface area contributed by atoms with Gasteiger partial charge in [0.05, 0.1) is 11.4 Å². The summed E-state index contributed by atoms with van der Waals surface area (Å²) in [5, 5.41) is 6.77. The molecule has 1 aromatic carbocycles. The first-order valence-corrected chi connectivity index (χ1v) is 5.01. The molecule has 1 heterocycles. The fourth-order valence-corrected chi connectivity index (χ4v) is 1.73. The van der Waals surface area contributed by atoms with E-state index in [1.54, 1.807) is 0 Å². The summed E-state index contributed by atoms with van der Waals surface area (Å²) in [6, 6.07) is 6.64. The smallest absolute Gasteiger partial charge is 0.0579 e. The lowest BCUT2D eigenvalue weighted by Gasteiger charge is -2.20. The van der Waals surface area contributed by atoms with Crippen LogP contribution in [0.1, 0.15) is 18.9 Å². The van der Waals surface area contributed by atoms with E-state index in [0.29, 0.717) is 0 Å². The fraction of sp³-hybridized carbons (Fsp3) is 0.455. The van der Waals surface area contributed by atoms with Crippen LogP contribution in [-0.4, -0.2) is 13.1 Å². The molecule has 2 heteroatoms. The van der Waals surface area contributed by atoms with Crippen LogP contribution in [0.2, 0.25) is 0 Å². The number of hydrogen-bond acceptors (Lipinski definition) is 2. The molecule has 1 aliphatic rings. The molecule has 1 aliphatic heterocycles. The van der Waals surface area contributed by atoms with Gasteiger partial charge in [-0.15, -0.1) is 0 Å². The fourth-order valence-electron chi connectivity index (χ4n) is 1.73. The average molecular weight is 176 g/mol. The van der Waals surface area contributed by atoms with Crippen molar-refractivity contribution in [2.45, 2.75) is 19.8 Å². The third kappa shape index (κ3) is 1.77. The Labute approximate surface area is 79.4 Å². The summed E-state index contributed by atoms with van der Waals surface area (Å²) in [6.45, 7) is 4.27. The van der Waals surface area contributed by atoms with Gasteiger partial charge in [0.15, 0.2) is 0 Å². The summed E-state index contributed by atoms with van der Waals surface area (Å²) in [6.07, 6.45) is 2.39. The Kier molecular flexibility index (Phi) is 2.39. The van der Waals surface area contributed by atoms with Crippen LogP contribution >= 0.6 is 0 Å². The molecular weight excluding hydrogens is 160 g/mol. The van der Waals surface area contributed by atoms with Gasteiger partial charge in [0.25, 0.3) is 0 Å². The van der Waals surface area contributed by atoms with E-state index >= 15 is 0 Å². The minimum Gasteiger partial charge on any atom is -0.382 e. The maximum atomic E-state index is 3.40. The molecule has 0 aliphatic carbocycles. The maximum Gasteiger partial charge on any atom is 0.0579 e. The predicted octanol–water partition coefficient (Wildman–Crippen LogP) is 2.48. The largest absolute Gasteiger partial charge is 0.382 e. The molecule has 0 atom stereocenters. The van der Waals surface area contributed by atoms with Crippen molar-refractivity contribution in [2.75, 3.05) is 23.7 Å². The van der Waals surface area contributed by atoms with Gasteiger partial charge in [-0.3, -0.25) is 0 Å². The van der Waals surface area contributed by atoms with Gasteiger partial charge in [-0.2, -0.15) is 0 Å². The minimum absolute atomic E-state index is 1.03. The van der Waals surface area contributed by atoms with E-state index in [4.69, 9.17) is 0 Å². The van der Waals surface area contributed by atoms with Gasteiger partial charge in [0.2, 0.25) is 0 Å². The minimum atomic E-state index is 1.03. The van der Waals surface area contributed by atoms with Gasteiger partial charge in [-0.05, 0) is 24.1 Å². The lowest BCUT2D eigenvalue weighted by molar-refractivity contribution is 0.920. The Balaban J connectivity index is 2.24. The second-order valence-electron chi connectivity index (χ2n) is 3.48. The molecule has 2 N–H and O–H groups in total. The molecule has 0 unspecified atom stereocenters. The highest BCUT2D eigenvalue weighted by molar-refractivity contribution is 5.71. The van der Waals surface area contributed by atoms with Gasteiger partial charge in [0.1, 0.15) is 0 Å². The molecule has 70 valence electrons. The first-order valence-electron chi connectivity index (χ1n) is 5.01. The van der Waals surface area contributed by atoms with Crippen LogP contribution in [0.3, 0.4) is 0 Å². The van der Waals surface area contributed by atoms with Crippen LogP contribution in [0, 0.1) is 0 Å². The van der Waals surface area contributed by atoms with Crippen molar-refractivity contribution in [3.8, 4) is 0 Å². The van der Waals surface area contributed by atoms with E-state index in [1.165, 1.54) is 29.8 Å². The quantitative estimate of drug-likeness (QED) is 0.723. The van der Waals surface area contributed by atoms with E-state index in [9.17, 15) is 0 Å². The molecule has 0 fully saturated rings. The number of fused-ring (bicyclic) bond motifs is 1. The van der Waals surface area contributed by atoms with Gasteiger partial charge >= 0.3 is 0 Å². The van der Waals surface area contributed by atoms with Crippen molar-refractivity contribution in [2.24, 2.45) is 0 Å². The van der Waals surface area contributed by atoms with Crippen molar-refractivity contribution in [3.05, 3.63) is 23.8 Å². The SMILES string of the molecule is CCCc1ccc2c(c1)NCCN2. The van der Waals surface area contributed by atoms with Crippen LogP contribution in [0.4, 0.5) is 11.4 Å². The third-order valence-electron chi connectivity index (χ3n) is 2.38. The summed E-state index contributed by atoms with van der Waals surface area (Å²) in [5.74, 6) is 0. The van der Waals surface area contributed by atoms with E-state index < -0.39 is 0 Å². The van der Waals surface area contributed by atoms with Gasteiger partial charge in [0, 0.05) is 13.1 Å². The molecule has 0 bridgehead atoms. The summed E-state index contributed by atoms with van der Waals surface area (Å²) >= 11 is 0. The monoisotopic (exact) mass is 176 g/mol. The first-order chi connectivity index (χ1) is 6.40. The third-order valence-corrected chi connectivity index (χ3v) is 2.38. The molecule has 0 amide bonds. The number of benzene rings is 1. The molecule has 0 saturated heterocycles. The van der Waals surface area contributed by atoms with Crippen LogP contribution in [0.15, 0.2) is 18.2 Å². The summed E-state index contributed by atoms with van der Waals surface area (Å²) < 4.78 is 0. The molecule has 0 saturated carbocycles. The number of rotatable bonds is 2. The summed E-state index contributed by atoms with van der Waals surface area (Å²) in [4.78, 5) is 0. The van der Waals surface area contributed by atoms with Crippen molar-refractivity contribution >= 4 is 11.4 Å². The Morgan fingerprint density at radius 3 is 2.69 bits per heavy atom. The summed E-state index contributed by atoms with van der Waals surface area (Å²) in [5.41, 5.74) is 3.93. The van der Waals surface area contributed by atoms with Crippen molar-refractivity contribution in [3.63, 3.8) is 0 Å². The lowest BCUT2D eigenvalue weighted by Crippen LogP contribution is -2.20. The Bertz CT molecular complexity index is 294. The van der Waals surface area contributed by atoms with Crippen LogP contribution in [0.25, 0.3) is 0 Å². The maximum absolute atomic E-state index is 3.40. The highest BCUT2D eigenvalue weighted by Gasteiger charge is 2.06. The standard InChI is InChI=1S/C11H16N2/c1-2-3-9-4-5-10-11(8-9)13-7-6-12-10/h4-5,8,12-13H,2-3,6-7H2,1H3. The Morgan fingerprint density at radius 1 is 1.15 bits per heavy atom. The summed E-state index contributed by atoms with van der Waals surface area (Å²) in [7, 11) is 0. The number of anilines is 2. The molecule has 0 aromatic heterocycles. The van der Waals surface area contributed by atoms with Crippen LogP contribution < -0.4 is 10.6 Å². The van der Waals surface area contributed by atoms with Gasteiger partial charge < -0.3 is 10.6 Å². The van der Waals surface area contributed by atoms with Gasteiger partial charge in [-0.25, -0.2) is 0 Å². The lowest BCUT2D eigenvalue weighted by atomic mass is 10.1. The molecule has 13 heavy (non-hydrogen) atoms. The highest BCUT2D eigenvalue weighted by Crippen LogP contribution is 2.25. The predicted molar refractivity (Wildman–Crippen MR) is 57.4 cm³/mol. The van der Waals surface area contributed by atoms with Crippen molar-refractivity contribution < 1.29 is 0 Å². The van der Waals surface area contributed by atoms with Crippen molar-refractivity contribution in [1.82, 2.24) is 0 Å². The second-order valence-corrected chi connectivity index (χ2v) is 3.48. The van der Waals surface area contributed by atoms with E-state index in [0.717, 1.165) is 13.1 Å². The van der Waals surface area contributed by atoms with E-state index in [1.807, 2.05) is 0 Å². The van der Waals surface area contributed by atoms with E-state index in [-0.39, 0.29) is 0 Å². The topological polar surface area (TPSA) is 24.1 Å². The van der Waals surface area contributed by atoms with Crippen molar-refractivity contribution in [1.29, 1.82) is 0 Å². The first kappa shape index (κ1) is 8.42. The van der Waals surface area contributed by atoms with Crippen LogP contribution in [0.5, 0.6) is 0 Å². The van der Waals surface area contributed by atoms with Gasteiger partial charge in [-0.1, -0.05) is 19.4 Å². The normalized spacial score (nSPS) is 14.2. The second kappa shape index (κ2) is 3.69. The Morgan fingerprint density at radius 2 is 1.92 bits per heavy atom. The molecule has 0 spiro atoms. The molecule has 0 radical (unpaired) electrons. The zero-order chi connectivity index (χ0) is 9.10. The molecule has 1 aromatic rings. The number of hydrogen-bond donors (Lipinski definition) is 2. The molecular formula is C11H16N2. The average Bonchev–Trinajstić information content (AvgIpc) is 2.18. The zero-order valence-electron chi connectivity index (χ0n) is 8.06. The van der Waals surface area contributed by atoms with E-state index in [2.05, 4.69) is 35.8 Å². The highest BCUT2D eigenvalue weighted by atomic mass is 15.0. The van der Waals surface area contributed by atoms with Crippen LogP contribution in [-0.2, 0) is 6.42 Å².